The molecule has 8 heteroatoms. The minimum Gasteiger partial charge on any atom is -0.467 e. The Labute approximate surface area is 163 Å². The van der Waals surface area contributed by atoms with Crippen molar-refractivity contribution in [1.29, 1.82) is 0 Å². The molecule has 4 rings (SSSR count). The molecule has 0 bridgehead atoms. The van der Waals surface area contributed by atoms with Crippen molar-refractivity contribution >= 4 is 23.6 Å². The van der Waals surface area contributed by atoms with Crippen molar-refractivity contribution in [3.05, 3.63) is 24.2 Å². The van der Waals surface area contributed by atoms with Gasteiger partial charge in [-0.25, -0.2) is 0 Å². The SMILES string of the molecule is O=C(CSc1nnc(N2CCCCC2)n1Cc1ccco1)NC1CCCC1. The van der Waals surface area contributed by atoms with E-state index < -0.39 is 0 Å². The number of aromatic nitrogens is 3. The van der Waals surface area contributed by atoms with Gasteiger partial charge in [0.2, 0.25) is 11.9 Å². The number of hydrogen-bond acceptors (Lipinski definition) is 6. The highest BCUT2D eigenvalue weighted by molar-refractivity contribution is 7.99. The fraction of sp³-hybridized carbons (Fsp3) is 0.632. The van der Waals surface area contributed by atoms with Crippen LogP contribution in [-0.4, -0.2) is 45.6 Å². The summed E-state index contributed by atoms with van der Waals surface area (Å²) in [4.78, 5) is 14.6. The quantitative estimate of drug-likeness (QED) is 0.734. The van der Waals surface area contributed by atoms with Crippen molar-refractivity contribution in [3.63, 3.8) is 0 Å². The van der Waals surface area contributed by atoms with Gasteiger partial charge in [-0.3, -0.25) is 9.36 Å². The highest BCUT2D eigenvalue weighted by Crippen LogP contribution is 2.26. The molecule has 0 aromatic carbocycles. The second kappa shape index (κ2) is 8.82. The Morgan fingerprint density at radius 2 is 2.00 bits per heavy atom. The number of anilines is 1. The average molecular weight is 390 g/mol. The average Bonchev–Trinajstić information content (AvgIpc) is 3.44. The molecule has 1 aliphatic heterocycles. The van der Waals surface area contributed by atoms with Crippen molar-refractivity contribution in [2.75, 3.05) is 23.7 Å². The van der Waals surface area contributed by atoms with Gasteiger partial charge in [0, 0.05) is 19.1 Å². The standard InChI is InChI=1S/C19H27N5O2S/c25-17(20-15-7-2-3-8-15)14-27-19-22-21-18(23-10-4-1-5-11-23)24(19)13-16-9-6-12-26-16/h6,9,12,15H,1-5,7-8,10-11,13-14H2,(H,20,25). The van der Waals surface area contributed by atoms with Crippen LogP contribution in [0.4, 0.5) is 5.95 Å². The molecule has 2 fully saturated rings. The predicted molar refractivity (Wildman–Crippen MR) is 105 cm³/mol. The largest absolute Gasteiger partial charge is 0.467 e. The van der Waals surface area contributed by atoms with Gasteiger partial charge in [-0.05, 0) is 44.2 Å². The van der Waals surface area contributed by atoms with Crippen LogP contribution in [0.3, 0.4) is 0 Å². The molecule has 1 saturated carbocycles. The number of hydrogen-bond donors (Lipinski definition) is 1. The van der Waals surface area contributed by atoms with E-state index in [9.17, 15) is 4.79 Å². The van der Waals surface area contributed by atoms with Crippen LogP contribution in [0, 0.1) is 0 Å². The summed E-state index contributed by atoms with van der Waals surface area (Å²) in [5.74, 6) is 2.20. The van der Waals surface area contributed by atoms with Crippen molar-refractivity contribution in [2.24, 2.45) is 0 Å². The molecule has 2 aromatic rings. The molecular formula is C19H27N5O2S. The van der Waals surface area contributed by atoms with Crippen molar-refractivity contribution in [1.82, 2.24) is 20.1 Å². The Morgan fingerprint density at radius 1 is 1.19 bits per heavy atom. The van der Waals surface area contributed by atoms with Gasteiger partial charge in [0.25, 0.3) is 0 Å². The molecule has 0 atom stereocenters. The van der Waals surface area contributed by atoms with Crippen LogP contribution in [-0.2, 0) is 11.3 Å². The molecule has 3 heterocycles. The lowest BCUT2D eigenvalue weighted by molar-refractivity contribution is -0.119. The normalized spacial score (nSPS) is 18.1. The number of thioether (sulfide) groups is 1. The summed E-state index contributed by atoms with van der Waals surface area (Å²) < 4.78 is 7.62. The molecule has 1 amide bonds. The summed E-state index contributed by atoms with van der Waals surface area (Å²) in [5, 5.41) is 12.7. The highest BCUT2D eigenvalue weighted by Gasteiger charge is 2.22. The topological polar surface area (TPSA) is 76.2 Å². The zero-order valence-electron chi connectivity index (χ0n) is 15.6. The van der Waals surface area contributed by atoms with E-state index in [1.807, 2.05) is 12.1 Å². The fourth-order valence-corrected chi connectivity index (χ4v) is 4.63. The van der Waals surface area contributed by atoms with Gasteiger partial charge in [-0.2, -0.15) is 0 Å². The highest BCUT2D eigenvalue weighted by atomic mass is 32.2. The maximum absolute atomic E-state index is 12.3. The third-order valence-corrected chi connectivity index (χ3v) is 6.25. The molecular weight excluding hydrogens is 362 g/mol. The smallest absolute Gasteiger partial charge is 0.230 e. The Morgan fingerprint density at radius 3 is 2.74 bits per heavy atom. The lowest BCUT2D eigenvalue weighted by Gasteiger charge is -2.27. The lowest BCUT2D eigenvalue weighted by Crippen LogP contribution is -2.34. The minimum atomic E-state index is 0.0824. The molecule has 1 saturated heterocycles. The molecule has 0 spiro atoms. The number of piperidine rings is 1. The first-order chi connectivity index (χ1) is 13.3. The van der Waals surface area contributed by atoms with Gasteiger partial charge in [-0.15, -0.1) is 10.2 Å². The maximum atomic E-state index is 12.3. The number of amides is 1. The van der Waals surface area contributed by atoms with Crippen molar-refractivity contribution in [3.8, 4) is 0 Å². The van der Waals surface area contributed by atoms with E-state index in [-0.39, 0.29) is 5.91 Å². The summed E-state index contributed by atoms with van der Waals surface area (Å²) >= 11 is 1.45. The van der Waals surface area contributed by atoms with Crippen LogP contribution >= 0.6 is 11.8 Å². The number of furan rings is 1. The van der Waals surface area contributed by atoms with Gasteiger partial charge in [0.05, 0.1) is 18.6 Å². The molecule has 1 aliphatic carbocycles. The molecule has 2 aromatic heterocycles. The molecule has 1 N–H and O–H groups in total. The number of nitrogens with one attached hydrogen (secondary N) is 1. The first-order valence-corrected chi connectivity index (χ1v) is 10.9. The third-order valence-electron chi connectivity index (χ3n) is 5.28. The van der Waals surface area contributed by atoms with Crippen LogP contribution in [0.2, 0.25) is 0 Å². The fourth-order valence-electron chi connectivity index (χ4n) is 3.88. The van der Waals surface area contributed by atoms with E-state index in [0.717, 1.165) is 42.8 Å². The molecule has 0 unspecified atom stereocenters. The molecule has 2 aliphatic rings. The molecule has 146 valence electrons. The van der Waals surface area contributed by atoms with E-state index in [1.54, 1.807) is 6.26 Å². The number of rotatable bonds is 7. The van der Waals surface area contributed by atoms with Gasteiger partial charge >= 0.3 is 0 Å². The lowest BCUT2D eigenvalue weighted by atomic mass is 10.1. The van der Waals surface area contributed by atoms with Crippen LogP contribution < -0.4 is 10.2 Å². The summed E-state index contributed by atoms with van der Waals surface area (Å²) in [6.45, 7) is 2.59. The minimum absolute atomic E-state index is 0.0824. The Kier molecular flexibility index (Phi) is 6.01. The Bertz CT molecular complexity index is 733. The van der Waals surface area contributed by atoms with E-state index >= 15 is 0 Å². The monoisotopic (exact) mass is 389 g/mol. The van der Waals surface area contributed by atoms with Gasteiger partial charge in [0.15, 0.2) is 5.16 Å². The summed E-state index contributed by atoms with van der Waals surface area (Å²) in [6.07, 6.45) is 9.95. The third kappa shape index (κ3) is 4.66. The summed E-state index contributed by atoms with van der Waals surface area (Å²) in [5.41, 5.74) is 0. The van der Waals surface area contributed by atoms with Gasteiger partial charge in [0.1, 0.15) is 5.76 Å². The van der Waals surface area contributed by atoms with Crippen LogP contribution in [0.1, 0.15) is 50.7 Å². The zero-order chi connectivity index (χ0) is 18.5. The van der Waals surface area contributed by atoms with E-state index in [1.165, 1.54) is 43.9 Å². The first-order valence-electron chi connectivity index (χ1n) is 9.92. The summed E-state index contributed by atoms with van der Waals surface area (Å²) in [6, 6.07) is 4.20. The number of carbonyl (C=O) groups excluding carboxylic acids is 1. The Hall–Kier alpha value is -1.96. The van der Waals surface area contributed by atoms with Crippen LogP contribution in [0.15, 0.2) is 28.0 Å². The summed E-state index contributed by atoms with van der Waals surface area (Å²) in [7, 11) is 0. The second-order valence-corrected chi connectivity index (χ2v) is 8.28. The maximum Gasteiger partial charge on any atom is 0.230 e. The van der Waals surface area contributed by atoms with Crippen LogP contribution in [0.5, 0.6) is 0 Å². The van der Waals surface area contributed by atoms with Crippen molar-refractivity contribution in [2.45, 2.75) is 62.7 Å². The molecule has 7 nitrogen and oxygen atoms in total. The van der Waals surface area contributed by atoms with Gasteiger partial charge < -0.3 is 14.6 Å². The molecule has 0 radical (unpaired) electrons. The zero-order valence-corrected chi connectivity index (χ0v) is 16.4. The first kappa shape index (κ1) is 18.4. The number of nitrogens with zero attached hydrogens (tertiary/aromatic N) is 4. The van der Waals surface area contributed by atoms with E-state index in [2.05, 4.69) is 25.0 Å². The van der Waals surface area contributed by atoms with Gasteiger partial charge in [-0.1, -0.05) is 24.6 Å². The number of carbonyl (C=O) groups is 1. The predicted octanol–water partition coefficient (Wildman–Crippen LogP) is 3.06. The molecule has 27 heavy (non-hydrogen) atoms. The Balaban J connectivity index is 1.45. The van der Waals surface area contributed by atoms with Crippen molar-refractivity contribution < 1.29 is 9.21 Å². The van der Waals surface area contributed by atoms with Crippen LogP contribution in [0.25, 0.3) is 0 Å². The van der Waals surface area contributed by atoms with E-state index in [0.29, 0.717) is 18.3 Å². The van der Waals surface area contributed by atoms with E-state index in [4.69, 9.17) is 4.42 Å². The second-order valence-electron chi connectivity index (χ2n) is 7.33.